The summed E-state index contributed by atoms with van der Waals surface area (Å²) in [6, 6.07) is 9.00. The topological polar surface area (TPSA) is 58.3 Å². The van der Waals surface area contributed by atoms with Crippen LogP contribution in [0.4, 0.5) is 0 Å². The van der Waals surface area contributed by atoms with Gasteiger partial charge >= 0.3 is 0 Å². The Kier molecular flexibility index (Phi) is 4.66. The van der Waals surface area contributed by atoms with E-state index in [-0.39, 0.29) is 0 Å². The average Bonchev–Trinajstić information content (AvgIpc) is 3.20. The number of halogens is 1. The van der Waals surface area contributed by atoms with Crippen LogP contribution >= 0.6 is 15.9 Å². The smallest absolute Gasteiger partial charge is 0.194 e. The van der Waals surface area contributed by atoms with E-state index in [4.69, 9.17) is 0 Å². The summed E-state index contributed by atoms with van der Waals surface area (Å²) in [5, 5.41) is 7.64. The van der Waals surface area contributed by atoms with Gasteiger partial charge in [-0.2, -0.15) is 5.10 Å². The minimum Gasteiger partial charge on any atom is -0.353 e. The van der Waals surface area contributed by atoms with Gasteiger partial charge in [-0.3, -0.25) is 9.67 Å². The molecule has 6 nitrogen and oxygen atoms in total. The molecular weight excluding hydrogens is 356 g/mol. The first-order valence-electron chi connectivity index (χ1n) is 7.61. The lowest BCUT2D eigenvalue weighted by Gasteiger charge is -2.21. The van der Waals surface area contributed by atoms with Crippen molar-refractivity contribution in [2.45, 2.75) is 24.9 Å². The van der Waals surface area contributed by atoms with Crippen LogP contribution in [0.3, 0.4) is 0 Å². The lowest BCUT2D eigenvalue weighted by molar-refractivity contribution is 0.447. The Bertz CT molecular complexity index is 693. The van der Waals surface area contributed by atoms with Crippen molar-refractivity contribution >= 4 is 21.9 Å². The third-order valence-corrected chi connectivity index (χ3v) is 4.69. The normalized spacial score (nSPS) is 20.4. The number of nitrogens with zero attached hydrogens (tertiary/aromatic N) is 5. The molecule has 0 spiro atoms. The number of benzene rings is 1. The summed E-state index contributed by atoms with van der Waals surface area (Å²) < 4.78 is 2.90. The molecular formula is C16H21BrN6. The molecule has 1 aromatic carbocycles. The third kappa shape index (κ3) is 3.72. The summed E-state index contributed by atoms with van der Waals surface area (Å²) in [5.41, 5.74) is 1.37. The van der Waals surface area contributed by atoms with Crippen LogP contribution in [0.1, 0.15) is 23.7 Å². The lowest BCUT2D eigenvalue weighted by atomic mass is 10.1. The highest BCUT2D eigenvalue weighted by Gasteiger charge is 2.39. The van der Waals surface area contributed by atoms with Crippen molar-refractivity contribution in [3.05, 3.63) is 46.5 Å². The number of rotatable bonds is 4. The molecule has 1 heterocycles. The van der Waals surface area contributed by atoms with Crippen LogP contribution in [0.25, 0.3) is 0 Å². The van der Waals surface area contributed by atoms with E-state index in [9.17, 15) is 0 Å². The summed E-state index contributed by atoms with van der Waals surface area (Å²) in [4.78, 5) is 10.7. The molecule has 1 aromatic heterocycles. The lowest BCUT2D eigenvalue weighted by Crippen LogP contribution is -2.40. The highest BCUT2D eigenvalue weighted by molar-refractivity contribution is 9.10. The molecule has 0 radical (unpaired) electrons. The predicted octanol–water partition coefficient (Wildman–Crippen LogP) is 2.14. The molecule has 2 unspecified atom stereocenters. The van der Waals surface area contributed by atoms with E-state index in [1.165, 1.54) is 5.56 Å². The molecule has 1 saturated carbocycles. The Hall–Kier alpha value is -1.89. The molecule has 23 heavy (non-hydrogen) atoms. The second-order valence-electron chi connectivity index (χ2n) is 5.85. The Morgan fingerprint density at radius 1 is 1.43 bits per heavy atom. The molecule has 7 heteroatoms. The molecule has 0 aliphatic heterocycles. The summed E-state index contributed by atoms with van der Waals surface area (Å²) in [7, 11) is 5.73. The van der Waals surface area contributed by atoms with Gasteiger partial charge in [0.15, 0.2) is 5.96 Å². The average molecular weight is 377 g/mol. The Morgan fingerprint density at radius 2 is 2.17 bits per heavy atom. The molecule has 1 aliphatic carbocycles. The summed E-state index contributed by atoms with van der Waals surface area (Å²) >= 11 is 3.48. The van der Waals surface area contributed by atoms with E-state index in [0.29, 0.717) is 18.5 Å². The van der Waals surface area contributed by atoms with Crippen molar-refractivity contribution in [2.24, 2.45) is 12.0 Å². The standard InChI is InChI=1S/C16H21BrN6/c1-18-16(22(2)9-15-19-10-20-23(15)3)21-14-8-13(14)11-4-6-12(17)7-5-11/h4-7,10,13-14H,8-9H2,1-3H3,(H,18,21). The number of aromatic nitrogens is 3. The minimum atomic E-state index is 0.442. The molecule has 122 valence electrons. The van der Waals surface area contributed by atoms with E-state index in [0.717, 1.165) is 22.7 Å². The Morgan fingerprint density at radius 3 is 2.78 bits per heavy atom. The van der Waals surface area contributed by atoms with Crippen LogP contribution in [0, 0.1) is 0 Å². The van der Waals surface area contributed by atoms with Gasteiger partial charge in [0.2, 0.25) is 0 Å². The number of aliphatic imine (C=N–C) groups is 1. The second-order valence-corrected chi connectivity index (χ2v) is 6.76. The molecule has 0 saturated heterocycles. The van der Waals surface area contributed by atoms with Crippen molar-refractivity contribution in [1.29, 1.82) is 0 Å². The van der Waals surface area contributed by atoms with Gasteiger partial charge in [0, 0.05) is 37.6 Å². The number of nitrogens with one attached hydrogen (secondary N) is 1. The van der Waals surface area contributed by atoms with Gasteiger partial charge in [-0.15, -0.1) is 0 Å². The van der Waals surface area contributed by atoms with E-state index in [1.807, 2.05) is 21.1 Å². The van der Waals surface area contributed by atoms with E-state index in [1.54, 1.807) is 11.0 Å². The van der Waals surface area contributed by atoms with Crippen LogP contribution in [0.15, 0.2) is 40.1 Å². The zero-order valence-electron chi connectivity index (χ0n) is 13.6. The molecule has 1 N–H and O–H groups in total. The number of aryl methyl sites for hydroxylation is 1. The summed E-state index contributed by atoms with van der Waals surface area (Å²) in [6.07, 6.45) is 2.71. The molecule has 2 atom stereocenters. The van der Waals surface area contributed by atoms with Crippen molar-refractivity contribution in [3.63, 3.8) is 0 Å². The molecule has 1 fully saturated rings. The first-order valence-corrected chi connectivity index (χ1v) is 8.40. The first kappa shape index (κ1) is 16.0. The molecule has 1 aliphatic rings. The fourth-order valence-electron chi connectivity index (χ4n) is 2.69. The SMILES string of the molecule is CN=C(NC1CC1c1ccc(Br)cc1)N(C)Cc1ncnn1C. The van der Waals surface area contributed by atoms with Crippen molar-refractivity contribution in [3.8, 4) is 0 Å². The molecule has 0 bridgehead atoms. The molecule has 2 aromatic rings. The largest absolute Gasteiger partial charge is 0.353 e. The Labute approximate surface area is 144 Å². The van der Waals surface area contributed by atoms with Gasteiger partial charge in [-0.05, 0) is 24.1 Å². The zero-order chi connectivity index (χ0) is 16.4. The first-order chi connectivity index (χ1) is 11.1. The summed E-state index contributed by atoms with van der Waals surface area (Å²) in [5.74, 6) is 2.36. The summed E-state index contributed by atoms with van der Waals surface area (Å²) in [6.45, 7) is 0.672. The third-order valence-electron chi connectivity index (χ3n) is 4.16. The van der Waals surface area contributed by atoms with Crippen molar-refractivity contribution in [2.75, 3.05) is 14.1 Å². The number of hydrogen-bond donors (Lipinski definition) is 1. The highest BCUT2D eigenvalue weighted by atomic mass is 79.9. The quantitative estimate of drug-likeness (QED) is 0.655. The maximum atomic E-state index is 4.39. The highest BCUT2D eigenvalue weighted by Crippen LogP contribution is 2.41. The van der Waals surface area contributed by atoms with Gasteiger partial charge in [0.25, 0.3) is 0 Å². The zero-order valence-corrected chi connectivity index (χ0v) is 15.2. The maximum absolute atomic E-state index is 4.39. The van der Waals surface area contributed by atoms with Gasteiger partial charge in [-0.25, -0.2) is 4.98 Å². The van der Waals surface area contributed by atoms with Crippen LogP contribution in [0.5, 0.6) is 0 Å². The van der Waals surface area contributed by atoms with Crippen LogP contribution < -0.4 is 5.32 Å². The Balaban J connectivity index is 1.58. The minimum absolute atomic E-state index is 0.442. The predicted molar refractivity (Wildman–Crippen MR) is 94.3 cm³/mol. The molecule has 0 amide bonds. The van der Waals surface area contributed by atoms with E-state index in [2.05, 4.69) is 65.5 Å². The van der Waals surface area contributed by atoms with Gasteiger partial charge in [-0.1, -0.05) is 28.1 Å². The monoisotopic (exact) mass is 376 g/mol. The molecule has 3 rings (SSSR count). The van der Waals surface area contributed by atoms with Crippen LogP contribution in [-0.4, -0.2) is 45.8 Å². The fraction of sp³-hybridized carbons (Fsp3) is 0.438. The van der Waals surface area contributed by atoms with Gasteiger partial charge in [0.05, 0.1) is 6.54 Å². The second kappa shape index (κ2) is 6.70. The maximum Gasteiger partial charge on any atom is 0.194 e. The van der Waals surface area contributed by atoms with Crippen molar-refractivity contribution in [1.82, 2.24) is 25.0 Å². The van der Waals surface area contributed by atoms with E-state index >= 15 is 0 Å². The van der Waals surface area contributed by atoms with Crippen LogP contribution in [-0.2, 0) is 13.6 Å². The van der Waals surface area contributed by atoms with Crippen LogP contribution in [0.2, 0.25) is 0 Å². The van der Waals surface area contributed by atoms with Gasteiger partial charge in [0.1, 0.15) is 12.2 Å². The number of guanidine groups is 1. The van der Waals surface area contributed by atoms with Crippen molar-refractivity contribution < 1.29 is 0 Å². The van der Waals surface area contributed by atoms with Gasteiger partial charge < -0.3 is 10.2 Å². The number of hydrogen-bond acceptors (Lipinski definition) is 3. The fourth-order valence-corrected chi connectivity index (χ4v) is 2.96. The van der Waals surface area contributed by atoms with E-state index < -0.39 is 0 Å².